The van der Waals surface area contributed by atoms with Crippen LogP contribution in [0.15, 0.2) is 66.3 Å². The normalized spacial score (nSPS) is 14.3. The van der Waals surface area contributed by atoms with Crippen molar-refractivity contribution in [1.29, 1.82) is 0 Å². The number of amides is 1. The number of unbranched alkanes of at least 4 members (excludes halogenated alkanes) is 3. The molecule has 3 aromatic rings. The van der Waals surface area contributed by atoms with Crippen molar-refractivity contribution in [2.45, 2.75) is 50.9 Å². The Kier molecular flexibility index (Phi) is 8.36. The fourth-order valence-electron chi connectivity index (χ4n) is 3.91. The van der Waals surface area contributed by atoms with Crippen molar-refractivity contribution in [3.05, 3.63) is 66.7 Å². The first kappa shape index (κ1) is 24.7. The number of thioether (sulfide) groups is 1. The minimum atomic E-state index is -0.720. The van der Waals surface area contributed by atoms with Gasteiger partial charge in [-0.05, 0) is 36.8 Å². The van der Waals surface area contributed by atoms with Gasteiger partial charge in [-0.3, -0.25) is 9.69 Å². The summed E-state index contributed by atoms with van der Waals surface area (Å²) in [6, 6.07) is 15.1. The summed E-state index contributed by atoms with van der Waals surface area (Å²) in [6.07, 6.45) is 5.69. The van der Waals surface area contributed by atoms with Crippen LogP contribution in [-0.4, -0.2) is 33.4 Å². The van der Waals surface area contributed by atoms with Crippen molar-refractivity contribution in [2.24, 2.45) is 0 Å². The molecule has 2 aromatic carbocycles. The van der Waals surface area contributed by atoms with Crippen LogP contribution in [0.4, 0.5) is 5.69 Å². The molecule has 0 N–H and O–H groups in total. The third kappa shape index (κ3) is 5.82. The highest BCUT2D eigenvalue weighted by atomic mass is 32.2. The zero-order chi connectivity index (χ0) is 24.6. The lowest BCUT2D eigenvalue weighted by Crippen LogP contribution is -2.36. The third-order valence-electron chi connectivity index (χ3n) is 5.61. The summed E-state index contributed by atoms with van der Waals surface area (Å²) >= 11 is 1.58. The van der Waals surface area contributed by atoms with Gasteiger partial charge in [-0.1, -0.05) is 68.8 Å². The quantitative estimate of drug-likeness (QED) is 0.190. The number of benzene rings is 2. The summed E-state index contributed by atoms with van der Waals surface area (Å²) in [5.41, 5.74) is 2.77. The number of hydrogen-bond donors (Lipinski definition) is 0. The standard InChI is InChI=1S/C27H30N4O3S/c1-4-6-7-10-18-35-27-28-25-24(29-30-27)22-11-8-9-12-23(22)31(19(3)32)26(34-25)20-13-15-21(16-14-20)33-17-5-2/h5,8-9,11-16,26H,2,4,6-7,10,17-18H2,1,3H3. The Morgan fingerprint density at radius 1 is 1.14 bits per heavy atom. The maximum absolute atomic E-state index is 12.9. The van der Waals surface area contributed by atoms with Crippen molar-refractivity contribution in [1.82, 2.24) is 15.2 Å². The first-order chi connectivity index (χ1) is 17.1. The zero-order valence-electron chi connectivity index (χ0n) is 20.1. The van der Waals surface area contributed by atoms with Crippen LogP contribution in [0, 0.1) is 0 Å². The van der Waals surface area contributed by atoms with Crippen LogP contribution >= 0.6 is 11.8 Å². The van der Waals surface area contributed by atoms with Crippen LogP contribution in [0.1, 0.15) is 51.3 Å². The molecule has 4 rings (SSSR count). The number of para-hydroxylation sites is 1. The van der Waals surface area contributed by atoms with Gasteiger partial charge in [0.2, 0.25) is 23.2 Å². The van der Waals surface area contributed by atoms with E-state index in [4.69, 9.17) is 14.5 Å². The monoisotopic (exact) mass is 490 g/mol. The number of carbonyl (C=O) groups excluding carboxylic acids is 1. The molecule has 1 aliphatic rings. The average molecular weight is 491 g/mol. The molecule has 0 aliphatic carbocycles. The average Bonchev–Trinajstić information content (AvgIpc) is 3.02. The Balaban J connectivity index is 1.70. The van der Waals surface area contributed by atoms with Crippen molar-refractivity contribution in [3.63, 3.8) is 0 Å². The van der Waals surface area contributed by atoms with Crippen LogP contribution in [0.5, 0.6) is 11.6 Å². The molecule has 1 unspecified atom stereocenters. The molecule has 1 amide bonds. The Morgan fingerprint density at radius 3 is 2.69 bits per heavy atom. The summed E-state index contributed by atoms with van der Waals surface area (Å²) in [5, 5.41) is 9.40. The molecule has 0 bridgehead atoms. The number of carbonyl (C=O) groups is 1. The van der Waals surface area contributed by atoms with Gasteiger partial charge in [-0.2, -0.15) is 4.98 Å². The van der Waals surface area contributed by atoms with Crippen molar-refractivity contribution >= 4 is 23.4 Å². The molecule has 0 fully saturated rings. The minimum absolute atomic E-state index is 0.152. The van der Waals surface area contributed by atoms with Gasteiger partial charge in [-0.15, -0.1) is 10.2 Å². The smallest absolute Gasteiger partial charge is 0.247 e. The van der Waals surface area contributed by atoms with E-state index in [1.54, 1.807) is 22.7 Å². The number of fused-ring (bicyclic) bond motifs is 3. The van der Waals surface area contributed by atoms with E-state index in [9.17, 15) is 4.79 Å². The summed E-state index contributed by atoms with van der Waals surface area (Å²) in [7, 11) is 0. The van der Waals surface area contributed by atoms with Gasteiger partial charge < -0.3 is 9.47 Å². The Hall–Kier alpha value is -3.39. The van der Waals surface area contributed by atoms with Crippen LogP contribution in [0.25, 0.3) is 11.3 Å². The first-order valence-electron chi connectivity index (χ1n) is 11.9. The van der Waals surface area contributed by atoms with E-state index in [-0.39, 0.29) is 5.91 Å². The topological polar surface area (TPSA) is 77.4 Å². The summed E-state index contributed by atoms with van der Waals surface area (Å²) in [4.78, 5) is 19.2. The maximum Gasteiger partial charge on any atom is 0.247 e. The largest absolute Gasteiger partial charge is 0.490 e. The molecule has 0 saturated heterocycles. The summed E-state index contributed by atoms with van der Waals surface area (Å²) in [5.74, 6) is 1.85. The van der Waals surface area contributed by atoms with Crippen molar-refractivity contribution in [2.75, 3.05) is 17.3 Å². The maximum atomic E-state index is 12.9. The van der Waals surface area contributed by atoms with Gasteiger partial charge in [-0.25, -0.2) is 0 Å². The fraction of sp³-hybridized carbons (Fsp3) is 0.333. The number of nitrogens with zero attached hydrogens (tertiary/aromatic N) is 4. The van der Waals surface area contributed by atoms with Gasteiger partial charge in [0.25, 0.3) is 0 Å². The lowest BCUT2D eigenvalue weighted by molar-refractivity contribution is -0.118. The van der Waals surface area contributed by atoms with Gasteiger partial charge in [0.1, 0.15) is 12.4 Å². The predicted octanol–water partition coefficient (Wildman–Crippen LogP) is 6.22. The molecule has 7 nitrogen and oxygen atoms in total. The van der Waals surface area contributed by atoms with E-state index < -0.39 is 6.23 Å². The molecule has 1 atom stereocenters. The predicted molar refractivity (Wildman–Crippen MR) is 139 cm³/mol. The Bertz CT molecular complexity index is 1170. The number of rotatable bonds is 10. The van der Waals surface area contributed by atoms with Gasteiger partial charge in [0.15, 0.2) is 5.69 Å². The van der Waals surface area contributed by atoms with E-state index in [1.807, 2.05) is 48.5 Å². The van der Waals surface area contributed by atoms with Crippen LogP contribution in [0.2, 0.25) is 0 Å². The van der Waals surface area contributed by atoms with Crippen LogP contribution in [0.3, 0.4) is 0 Å². The molecule has 0 radical (unpaired) electrons. The Morgan fingerprint density at radius 2 is 1.94 bits per heavy atom. The lowest BCUT2D eigenvalue weighted by atomic mass is 10.1. The summed E-state index contributed by atoms with van der Waals surface area (Å²) in [6.45, 7) is 7.82. The lowest BCUT2D eigenvalue weighted by Gasteiger charge is -2.30. The minimum Gasteiger partial charge on any atom is -0.490 e. The van der Waals surface area contributed by atoms with Crippen LogP contribution in [-0.2, 0) is 4.79 Å². The van der Waals surface area contributed by atoms with Crippen molar-refractivity contribution < 1.29 is 14.3 Å². The van der Waals surface area contributed by atoms with Gasteiger partial charge in [0, 0.05) is 23.8 Å². The van der Waals surface area contributed by atoms with E-state index in [2.05, 4.69) is 23.7 Å². The third-order valence-corrected chi connectivity index (χ3v) is 6.54. The van der Waals surface area contributed by atoms with E-state index in [0.717, 1.165) is 23.3 Å². The SMILES string of the molecule is C=CCOc1ccc(C2Oc3nc(SCCCCCC)nnc3-c3ccccc3N2C(C)=O)cc1. The van der Waals surface area contributed by atoms with E-state index >= 15 is 0 Å². The fourth-order valence-corrected chi connectivity index (χ4v) is 4.68. The van der Waals surface area contributed by atoms with E-state index in [1.165, 1.54) is 26.2 Å². The zero-order valence-corrected chi connectivity index (χ0v) is 21.0. The number of aromatic nitrogens is 3. The molecule has 35 heavy (non-hydrogen) atoms. The van der Waals surface area contributed by atoms with E-state index in [0.29, 0.717) is 34.8 Å². The molecule has 1 aliphatic heterocycles. The summed E-state index contributed by atoms with van der Waals surface area (Å²) < 4.78 is 12.0. The second kappa shape index (κ2) is 11.8. The second-order valence-corrected chi connectivity index (χ2v) is 9.26. The molecule has 0 spiro atoms. The first-order valence-corrected chi connectivity index (χ1v) is 12.9. The second-order valence-electron chi connectivity index (χ2n) is 8.20. The van der Waals surface area contributed by atoms with Gasteiger partial charge in [0.05, 0.1) is 5.69 Å². The number of anilines is 1. The highest BCUT2D eigenvalue weighted by Crippen LogP contribution is 2.43. The number of ether oxygens (including phenoxy) is 2. The molecular formula is C27H30N4O3S. The molecule has 2 heterocycles. The van der Waals surface area contributed by atoms with Crippen molar-refractivity contribution in [3.8, 4) is 22.9 Å². The molecule has 8 heteroatoms. The van der Waals surface area contributed by atoms with Crippen LogP contribution < -0.4 is 14.4 Å². The number of hydrogen-bond acceptors (Lipinski definition) is 7. The molecule has 0 saturated carbocycles. The molecule has 1 aromatic heterocycles. The molecule has 182 valence electrons. The highest BCUT2D eigenvalue weighted by molar-refractivity contribution is 7.99. The van der Waals surface area contributed by atoms with Gasteiger partial charge >= 0.3 is 0 Å². The Labute approximate surface area is 210 Å². The molecular weight excluding hydrogens is 460 g/mol. The highest BCUT2D eigenvalue weighted by Gasteiger charge is 2.34.